The minimum atomic E-state index is -1.12. The third kappa shape index (κ3) is 2.08. The highest BCUT2D eigenvalue weighted by molar-refractivity contribution is 5.85. The SMILES string of the molecule is COC(=O)C1(c2cccc(F)c2F)CC(N)C1.Cl. The summed E-state index contributed by atoms with van der Waals surface area (Å²) in [4.78, 5) is 11.8. The smallest absolute Gasteiger partial charge is 0.316 e. The first-order valence-corrected chi connectivity index (χ1v) is 5.30. The molecule has 1 aliphatic rings. The van der Waals surface area contributed by atoms with E-state index in [1.54, 1.807) is 0 Å². The third-order valence-electron chi connectivity index (χ3n) is 3.26. The summed E-state index contributed by atoms with van der Waals surface area (Å²) in [6.45, 7) is 0. The number of nitrogens with two attached hydrogens (primary N) is 1. The van der Waals surface area contributed by atoms with Gasteiger partial charge >= 0.3 is 5.97 Å². The zero-order valence-corrected chi connectivity index (χ0v) is 10.6. The van der Waals surface area contributed by atoms with E-state index >= 15 is 0 Å². The van der Waals surface area contributed by atoms with Gasteiger partial charge in [-0.15, -0.1) is 12.4 Å². The Hall–Kier alpha value is -1.20. The quantitative estimate of drug-likeness (QED) is 0.840. The van der Waals surface area contributed by atoms with E-state index < -0.39 is 23.0 Å². The van der Waals surface area contributed by atoms with Crippen LogP contribution in [0.25, 0.3) is 0 Å². The molecule has 1 aliphatic carbocycles. The summed E-state index contributed by atoms with van der Waals surface area (Å²) in [7, 11) is 1.23. The highest BCUT2D eigenvalue weighted by Gasteiger charge is 2.52. The van der Waals surface area contributed by atoms with Crippen molar-refractivity contribution in [1.29, 1.82) is 0 Å². The van der Waals surface area contributed by atoms with Crippen LogP contribution in [-0.4, -0.2) is 19.1 Å². The molecule has 1 saturated carbocycles. The van der Waals surface area contributed by atoms with Crippen molar-refractivity contribution in [3.05, 3.63) is 35.4 Å². The Labute approximate surface area is 110 Å². The third-order valence-corrected chi connectivity index (χ3v) is 3.26. The molecule has 3 nitrogen and oxygen atoms in total. The van der Waals surface area contributed by atoms with Crippen LogP contribution in [-0.2, 0) is 14.9 Å². The highest BCUT2D eigenvalue weighted by atomic mass is 35.5. The largest absolute Gasteiger partial charge is 0.468 e. The maximum Gasteiger partial charge on any atom is 0.316 e. The van der Waals surface area contributed by atoms with Crippen LogP contribution in [0.2, 0.25) is 0 Å². The van der Waals surface area contributed by atoms with Crippen LogP contribution in [0, 0.1) is 11.6 Å². The van der Waals surface area contributed by atoms with E-state index in [9.17, 15) is 13.6 Å². The molecule has 2 N–H and O–H groups in total. The number of hydrogen-bond acceptors (Lipinski definition) is 3. The van der Waals surface area contributed by atoms with Crippen LogP contribution in [0.4, 0.5) is 8.78 Å². The molecule has 0 heterocycles. The molecule has 1 aromatic rings. The normalized spacial score (nSPS) is 25.9. The van der Waals surface area contributed by atoms with E-state index in [2.05, 4.69) is 4.74 Å². The predicted octanol–water partition coefficient (Wildman–Crippen LogP) is 1.92. The van der Waals surface area contributed by atoms with Gasteiger partial charge in [0.05, 0.1) is 12.5 Å². The van der Waals surface area contributed by atoms with Gasteiger partial charge in [-0.25, -0.2) is 8.78 Å². The molecule has 0 aromatic heterocycles. The second kappa shape index (κ2) is 5.20. The van der Waals surface area contributed by atoms with E-state index in [0.29, 0.717) is 0 Å². The lowest BCUT2D eigenvalue weighted by atomic mass is 9.61. The van der Waals surface area contributed by atoms with E-state index in [1.807, 2.05) is 0 Å². The minimum Gasteiger partial charge on any atom is -0.468 e. The van der Waals surface area contributed by atoms with Crippen molar-refractivity contribution in [1.82, 2.24) is 0 Å². The van der Waals surface area contributed by atoms with Crippen molar-refractivity contribution in [2.45, 2.75) is 24.3 Å². The maximum absolute atomic E-state index is 13.7. The summed E-state index contributed by atoms with van der Waals surface area (Å²) in [6.07, 6.45) is 0.556. The first-order chi connectivity index (χ1) is 8.01. The molecule has 18 heavy (non-hydrogen) atoms. The number of benzene rings is 1. The van der Waals surface area contributed by atoms with Crippen molar-refractivity contribution in [2.24, 2.45) is 5.73 Å². The van der Waals surface area contributed by atoms with Crippen LogP contribution in [0.5, 0.6) is 0 Å². The Kier molecular flexibility index (Phi) is 4.29. The molecule has 0 aliphatic heterocycles. The van der Waals surface area contributed by atoms with Gasteiger partial charge in [-0.1, -0.05) is 12.1 Å². The van der Waals surface area contributed by atoms with Crippen LogP contribution >= 0.6 is 12.4 Å². The average molecular weight is 278 g/mol. The molecule has 0 atom stereocenters. The van der Waals surface area contributed by atoms with Gasteiger partial charge < -0.3 is 10.5 Å². The number of halogens is 3. The van der Waals surface area contributed by atoms with Gasteiger partial charge in [0.15, 0.2) is 11.6 Å². The van der Waals surface area contributed by atoms with Gasteiger partial charge in [0.2, 0.25) is 0 Å². The number of ether oxygens (including phenoxy) is 1. The second-order valence-corrected chi connectivity index (χ2v) is 4.34. The predicted molar refractivity (Wildman–Crippen MR) is 64.5 cm³/mol. The van der Waals surface area contributed by atoms with Crippen LogP contribution < -0.4 is 5.73 Å². The minimum absolute atomic E-state index is 0. The van der Waals surface area contributed by atoms with E-state index in [-0.39, 0.29) is 36.9 Å². The fourth-order valence-electron chi connectivity index (χ4n) is 2.40. The summed E-state index contributed by atoms with van der Waals surface area (Å²) in [5.41, 5.74) is 4.56. The van der Waals surface area contributed by atoms with Gasteiger partial charge in [0.25, 0.3) is 0 Å². The summed E-state index contributed by atoms with van der Waals surface area (Å²) in [5.74, 6) is -2.53. The molecule has 0 radical (unpaired) electrons. The number of hydrogen-bond donors (Lipinski definition) is 1. The average Bonchev–Trinajstić information content (AvgIpc) is 2.27. The molecule has 0 bridgehead atoms. The van der Waals surface area contributed by atoms with Crippen LogP contribution in [0.15, 0.2) is 18.2 Å². The van der Waals surface area contributed by atoms with E-state index in [4.69, 9.17) is 5.73 Å². The number of rotatable bonds is 2. The van der Waals surface area contributed by atoms with Crippen LogP contribution in [0.3, 0.4) is 0 Å². The number of carbonyl (C=O) groups is 1. The Balaban J connectivity index is 0.00000162. The van der Waals surface area contributed by atoms with E-state index in [0.717, 1.165) is 6.07 Å². The lowest BCUT2D eigenvalue weighted by Gasteiger charge is -2.43. The first-order valence-electron chi connectivity index (χ1n) is 5.30. The van der Waals surface area contributed by atoms with Crippen molar-refractivity contribution < 1.29 is 18.3 Å². The van der Waals surface area contributed by atoms with Crippen molar-refractivity contribution >= 4 is 18.4 Å². The van der Waals surface area contributed by atoms with Crippen molar-refractivity contribution in [2.75, 3.05) is 7.11 Å². The fourth-order valence-corrected chi connectivity index (χ4v) is 2.40. The molecule has 0 amide bonds. The lowest BCUT2D eigenvalue weighted by Crippen LogP contribution is -2.55. The highest BCUT2D eigenvalue weighted by Crippen LogP contribution is 2.45. The van der Waals surface area contributed by atoms with Crippen molar-refractivity contribution in [3.63, 3.8) is 0 Å². The molecule has 6 heteroatoms. The molecule has 1 aromatic carbocycles. The molecule has 1 fully saturated rings. The molecular formula is C12H14ClF2NO2. The van der Waals surface area contributed by atoms with Gasteiger partial charge in [-0.3, -0.25) is 4.79 Å². The topological polar surface area (TPSA) is 52.3 Å². The lowest BCUT2D eigenvalue weighted by molar-refractivity contribution is -0.152. The second-order valence-electron chi connectivity index (χ2n) is 4.34. The standard InChI is InChI=1S/C12H13F2NO2.ClH/c1-17-11(16)12(5-7(15)6-12)8-3-2-4-9(13)10(8)14;/h2-4,7H,5-6,15H2,1H3;1H. The van der Waals surface area contributed by atoms with Gasteiger partial charge in [-0.2, -0.15) is 0 Å². The summed E-state index contributed by atoms with van der Waals surface area (Å²) >= 11 is 0. The molecule has 100 valence electrons. The zero-order valence-electron chi connectivity index (χ0n) is 9.78. The Morgan fingerprint density at radius 1 is 1.44 bits per heavy atom. The first kappa shape index (κ1) is 14.9. The number of carbonyl (C=O) groups excluding carboxylic acids is 1. The summed E-state index contributed by atoms with van der Waals surface area (Å²) in [6, 6.07) is 3.61. The van der Waals surface area contributed by atoms with Gasteiger partial charge in [0.1, 0.15) is 0 Å². The van der Waals surface area contributed by atoms with Crippen LogP contribution in [0.1, 0.15) is 18.4 Å². The van der Waals surface area contributed by atoms with Gasteiger partial charge in [0, 0.05) is 11.6 Å². The Morgan fingerprint density at radius 3 is 2.56 bits per heavy atom. The summed E-state index contributed by atoms with van der Waals surface area (Å²) in [5, 5.41) is 0. The van der Waals surface area contributed by atoms with Gasteiger partial charge in [-0.05, 0) is 18.9 Å². The fraction of sp³-hybridized carbons (Fsp3) is 0.417. The molecule has 0 spiro atoms. The Morgan fingerprint density at radius 2 is 2.06 bits per heavy atom. The monoisotopic (exact) mass is 277 g/mol. The molecule has 0 saturated heterocycles. The number of methoxy groups -OCH3 is 1. The van der Waals surface area contributed by atoms with Crippen molar-refractivity contribution in [3.8, 4) is 0 Å². The molecular weight excluding hydrogens is 264 g/mol. The molecule has 2 rings (SSSR count). The zero-order chi connectivity index (χ0) is 12.6. The molecule has 0 unspecified atom stereocenters. The number of esters is 1. The maximum atomic E-state index is 13.7. The van der Waals surface area contributed by atoms with E-state index in [1.165, 1.54) is 19.2 Å². The summed E-state index contributed by atoms with van der Waals surface area (Å²) < 4.78 is 31.6. The Bertz CT molecular complexity index is 461.